The molecule has 3 aliphatic heterocycles. The van der Waals surface area contributed by atoms with Crippen LogP contribution in [0.2, 0.25) is 0 Å². The molecule has 1 N–H and O–H groups in total. The van der Waals surface area contributed by atoms with Gasteiger partial charge in [0.1, 0.15) is 11.4 Å². The van der Waals surface area contributed by atoms with Gasteiger partial charge in [0.05, 0.1) is 17.3 Å². The lowest BCUT2D eigenvalue weighted by atomic mass is 9.81. The molecule has 0 aliphatic carbocycles. The number of halogens is 1. The highest BCUT2D eigenvalue weighted by Crippen LogP contribution is 2.37. The van der Waals surface area contributed by atoms with Gasteiger partial charge in [-0.25, -0.2) is 4.39 Å². The zero-order chi connectivity index (χ0) is 22.2. The molecule has 3 heterocycles. The summed E-state index contributed by atoms with van der Waals surface area (Å²) in [6, 6.07) is 6.17. The van der Waals surface area contributed by atoms with Crippen molar-refractivity contribution >= 4 is 23.7 Å². The number of amides is 2. The standard InChI is InChI=1S/C23H29FN4O3/c1-3-20(29)27-15-9-22(27,2)21(30)26-13-10-23(31,11-14-26)16-19-8-12-25-28(19)18-6-4-17(24)5-7-18/h3-7,12,19,31H,1,8-11,13-16H2,2H3/t19?,22-/m0/s1. The third-order valence-electron chi connectivity index (χ3n) is 6.94. The molecular weight excluding hydrogens is 399 g/mol. The zero-order valence-corrected chi connectivity index (χ0v) is 17.8. The van der Waals surface area contributed by atoms with Crippen LogP contribution >= 0.6 is 0 Å². The number of piperidine rings is 1. The first kappa shape index (κ1) is 21.5. The average molecular weight is 429 g/mol. The van der Waals surface area contributed by atoms with E-state index in [1.807, 2.05) is 11.2 Å². The van der Waals surface area contributed by atoms with Crippen molar-refractivity contribution in [1.82, 2.24) is 9.80 Å². The van der Waals surface area contributed by atoms with Crippen molar-refractivity contribution in [3.63, 3.8) is 0 Å². The maximum Gasteiger partial charge on any atom is 0.248 e. The zero-order valence-electron chi connectivity index (χ0n) is 17.8. The van der Waals surface area contributed by atoms with Crippen LogP contribution in [-0.2, 0) is 9.59 Å². The van der Waals surface area contributed by atoms with Crippen molar-refractivity contribution in [3.8, 4) is 0 Å². The van der Waals surface area contributed by atoms with Crippen LogP contribution in [-0.4, -0.2) is 69.8 Å². The summed E-state index contributed by atoms with van der Waals surface area (Å²) in [6.07, 6.45) is 5.87. The Balaban J connectivity index is 1.36. The Morgan fingerprint density at radius 3 is 2.48 bits per heavy atom. The molecule has 31 heavy (non-hydrogen) atoms. The van der Waals surface area contributed by atoms with Gasteiger partial charge in [-0.15, -0.1) is 0 Å². The molecule has 3 aliphatic rings. The Morgan fingerprint density at radius 2 is 1.90 bits per heavy atom. The Bertz CT molecular complexity index is 895. The second kappa shape index (κ2) is 8.07. The number of hydrazone groups is 1. The predicted molar refractivity (Wildman–Crippen MR) is 116 cm³/mol. The molecule has 1 aromatic rings. The summed E-state index contributed by atoms with van der Waals surface area (Å²) in [7, 11) is 0. The van der Waals surface area contributed by atoms with Gasteiger partial charge in [-0.3, -0.25) is 14.6 Å². The number of carbonyl (C=O) groups excluding carboxylic acids is 2. The van der Waals surface area contributed by atoms with Gasteiger partial charge in [0.25, 0.3) is 0 Å². The van der Waals surface area contributed by atoms with Crippen LogP contribution in [0.5, 0.6) is 0 Å². The minimum Gasteiger partial charge on any atom is -0.390 e. The predicted octanol–water partition coefficient (Wildman–Crippen LogP) is 2.31. The van der Waals surface area contributed by atoms with E-state index in [0.717, 1.165) is 5.69 Å². The molecule has 2 saturated heterocycles. The number of carbonyl (C=O) groups is 2. The number of benzene rings is 1. The van der Waals surface area contributed by atoms with E-state index in [0.29, 0.717) is 51.7 Å². The van der Waals surface area contributed by atoms with Crippen LogP contribution in [0.15, 0.2) is 42.0 Å². The lowest BCUT2D eigenvalue weighted by Gasteiger charge is -2.52. The van der Waals surface area contributed by atoms with E-state index in [9.17, 15) is 19.1 Å². The van der Waals surface area contributed by atoms with Crippen LogP contribution in [0.1, 0.15) is 39.0 Å². The second-order valence-corrected chi connectivity index (χ2v) is 8.95. The van der Waals surface area contributed by atoms with Crippen LogP contribution in [0.4, 0.5) is 10.1 Å². The molecule has 1 aromatic carbocycles. The quantitative estimate of drug-likeness (QED) is 0.731. The number of nitrogens with zero attached hydrogens (tertiary/aromatic N) is 4. The minimum absolute atomic E-state index is 0.0115. The fourth-order valence-corrected chi connectivity index (χ4v) is 4.85. The van der Waals surface area contributed by atoms with Gasteiger partial charge >= 0.3 is 0 Å². The van der Waals surface area contributed by atoms with Gasteiger partial charge in [-0.05, 0) is 62.9 Å². The molecule has 166 valence electrons. The molecule has 0 aromatic heterocycles. The van der Waals surface area contributed by atoms with Gasteiger partial charge in [0.2, 0.25) is 11.8 Å². The van der Waals surface area contributed by atoms with Crippen molar-refractivity contribution in [2.45, 2.75) is 56.2 Å². The third kappa shape index (κ3) is 3.96. The number of hydrogen-bond acceptors (Lipinski definition) is 5. The van der Waals surface area contributed by atoms with E-state index in [1.54, 1.807) is 28.9 Å². The van der Waals surface area contributed by atoms with Crippen molar-refractivity contribution in [1.29, 1.82) is 0 Å². The van der Waals surface area contributed by atoms with Crippen molar-refractivity contribution < 1.29 is 19.1 Å². The minimum atomic E-state index is -0.898. The number of rotatable bonds is 5. The summed E-state index contributed by atoms with van der Waals surface area (Å²) in [4.78, 5) is 28.5. The van der Waals surface area contributed by atoms with Crippen LogP contribution in [0.3, 0.4) is 0 Å². The van der Waals surface area contributed by atoms with Crippen molar-refractivity contribution in [2.75, 3.05) is 24.6 Å². The average Bonchev–Trinajstić information content (AvgIpc) is 3.20. The maximum atomic E-state index is 13.3. The summed E-state index contributed by atoms with van der Waals surface area (Å²) in [5, 5.41) is 17.5. The highest BCUT2D eigenvalue weighted by molar-refractivity contribution is 5.96. The van der Waals surface area contributed by atoms with E-state index < -0.39 is 11.1 Å². The fraction of sp³-hybridized carbons (Fsp3) is 0.522. The van der Waals surface area contributed by atoms with E-state index in [4.69, 9.17) is 0 Å². The second-order valence-electron chi connectivity index (χ2n) is 8.95. The van der Waals surface area contributed by atoms with E-state index in [2.05, 4.69) is 11.7 Å². The Morgan fingerprint density at radius 1 is 1.23 bits per heavy atom. The van der Waals surface area contributed by atoms with E-state index in [-0.39, 0.29) is 23.7 Å². The summed E-state index contributed by atoms with van der Waals surface area (Å²) in [5.41, 5.74) is -0.925. The summed E-state index contributed by atoms with van der Waals surface area (Å²) < 4.78 is 13.3. The third-order valence-corrected chi connectivity index (χ3v) is 6.94. The molecule has 0 bridgehead atoms. The van der Waals surface area contributed by atoms with Gasteiger partial charge < -0.3 is 14.9 Å². The van der Waals surface area contributed by atoms with Gasteiger partial charge in [-0.2, -0.15) is 5.10 Å². The monoisotopic (exact) mass is 428 g/mol. The molecule has 2 fully saturated rings. The van der Waals surface area contributed by atoms with Crippen LogP contribution < -0.4 is 5.01 Å². The summed E-state index contributed by atoms with van der Waals surface area (Å²) >= 11 is 0. The van der Waals surface area contributed by atoms with Crippen LogP contribution in [0.25, 0.3) is 0 Å². The Hall–Kier alpha value is -2.74. The molecular formula is C23H29FN4O3. The molecule has 8 heteroatoms. The molecule has 2 atom stereocenters. The number of anilines is 1. The molecule has 0 spiro atoms. The van der Waals surface area contributed by atoms with E-state index >= 15 is 0 Å². The first-order chi connectivity index (χ1) is 14.8. The largest absolute Gasteiger partial charge is 0.390 e. The van der Waals surface area contributed by atoms with E-state index in [1.165, 1.54) is 18.2 Å². The first-order valence-corrected chi connectivity index (χ1v) is 10.8. The molecule has 7 nitrogen and oxygen atoms in total. The van der Waals surface area contributed by atoms with Crippen LogP contribution in [0, 0.1) is 5.82 Å². The maximum absolute atomic E-state index is 13.3. The molecule has 1 unspecified atom stereocenters. The highest BCUT2D eigenvalue weighted by atomic mass is 19.1. The number of likely N-dealkylation sites (tertiary alicyclic amines) is 2. The normalized spacial score (nSPS) is 27.2. The van der Waals surface area contributed by atoms with Gasteiger partial charge in [0.15, 0.2) is 0 Å². The Labute approximate surface area is 181 Å². The lowest BCUT2D eigenvalue weighted by Crippen LogP contribution is -2.68. The fourth-order valence-electron chi connectivity index (χ4n) is 4.85. The smallest absolute Gasteiger partial charge is 0.248 e. The van der Waals surface area contributed by atoms with Gasteiger partial charge in [-0.1, -0.05) is 6.58 Å². The topological polar surface area (TPSA) is 76.5 Å². The number of aliphatic hydroxyl groups is 1. The first-order valence-electron chi connectivity index (χ1n) is 10.8. The summed E-state index contributed by atoms with van der Waals surface area (Å²) in [6.45, 7) is 6.78. The summed E-state index contributed by atoms with van der Waals surface area (Å²) in [5.74, 6) is -0.585. The highest BCUT2D eigenvalue weighted by Gasteiger charge is 2.51. The molecule has 2 amide bonds. The molecule has 0 radical (unpaired) electrons. The number of hydrogen-bond donors (Lipinski definition) is 1. The van der Waals surface area contributed by atoms with Crippen molar-refractivity contribution in [3.05, 3.63) is 42.7 Å². The van der Waals surface area contributed by atoms with Crippen molar-refractivity contribution in [2.24, 2.45) is 5.10 Å². The lowest BCUT2D eigenvalue weighted by molar-refractivity contribution is -0.164. The molecule has 4 rings (SSSR count). The molecule has 0 saturated carbocycles. The SMILES string of the molecule is C=CC(=O)N1CC[C@@]1(C)C(=O)N1CCC(O)(CC2CC=NN2c2ccc(F)cc2)CC1. The Kier molecular flexibility index (Phi) is 5.60. The van der Waals surface area contributed by atoms with Gasteiger partial charge in [0, 0.05) is 32.3 Å².